The first-order valence-electron chi connectivity index (χ1n) is 6.97. The van der Waals surface area contributed by atoms with Gasteiger partial charge in [0.05, 0.1) is 5.02 Å². The third-order valence-electron chi connectivity index (χ3n) is 3.18. The predicted molar refractivity (Wildman–Crippen MR) is 83.2 cm³/mol. The summed E-state index contributed by atoms with van der Waals surface area (Å²) in [6.45, 7) is 12.5. The lowest BCUT2D eigenvalue weighted by Gasteiger charge is -2.31. The molecule has 3 heteroatoms. The SMILES string of the molecule is CCCNC(COc1ccc(C)cc1Cl)C(C)(C)C. The van der Waals surface area contributed by atoms with E-state index < -0.39 is 0 Å². The third kappa shape index (κ3) is 5.42. The summed E-state index contributed by atoms with van der Waals surface area (Å²) < 4.78 is 5.88. The fourth-order valence-electron chi connectivity index (χ4n) is 1.83. The van der Waals surface area contributed by atoms with Gasteiger partial charge in [0.25, 0.3) is 0 Å². The first kappa shape index (κ1) is 16.3. The first-order valence-corrected chi connectivity index (χ1v) is 7.34. The summed E-state index contributed by atoms with van der Waals surface area (Å²) in [5.41, 5.74) is 1.31. The number of hydrogen-bond acceptors (Lipinski definition) is 2. The molecule has 0 radical (unpaired) electrons. The normalized spacial score (nSPS) is 13.4. The van der Waals surface area contributed by atoms with Crippen molar-refractivity contribution in [3.05, 3.63) is 28.8 Å². The maximum absolute atomic E-state index is 6.19. The number of benzene rings is 1. The molecule has 0 aromatic heterocycles. The number of halogens is 1. The van der Waals surface area contributed by atoms with Crippen molar-refractivity contribution in [2.75, 3.05) is 13.2 Å². The van der Waals surface area contributed by atoms with Crippen molar-refractivity contribution in [1.29, 1.82) is 0 Å². The van der Waals surface area contributed by atoms with E-state index in [1.165, 1.54) is 0 Å². The number of rotatable bonds is 6. The average molecular weight is 284 g/mol. The summed E-state index contributed by atoms with van der Waals surface area (Å²) in [5.74, 6) is 0.764. The van der Waals surface area contributed by atoms with Gasteiger partial charge in [-0.05, 0) is 43.0 Å². The van der Waals surface area contributed by atoms with Crippen LogP contribution in [0.3, 0.4) is 0 Å². The van der Waals surface area contributed by atoms with E-state index in [9.17, 15) is 0 Å². The van der Waals surface area contributed by atoms with Crippen LogP contribution in [0.15, 0.2) is 18.2 Å². The molecule has 1 atom stereocenters. The minimum atomic E-state index is 0.159. The molecule has 0 spiro atoms. The van der Waals surface area contributed by atoms with Crippen molar-refractivity contribution in [2.45, 2.75) is 47.1 Å². The average Bonchev–Trinajstić information content (AvgIpc) is 2.29. The van der Waals surface area contributed by atoms with Gasteiger partial charge >= 0.3 is 0 Å². The number of ether oxygens (including phenoxy) is 1. The summed E-state index contributed by atoms with van der Waals surface area (Å²) in [5, 5.41) is 4.23. The van der Waals surface area contributed by atoms with E-state index >= 15 is 0 Å². The molecular formula is C16H26ClNO. The Labute approximate surface area is 122 Å². The molecule has 0 aliphatic rings. The predicted octanol–water partition coefficient (Wildman–Crippen LogP) is 4.44. The van der Waals surface area contributed by atoms with Crippen molar-refractivity contribution < 1.29 is 4.74 Å². The zero-order chi connectivity index (χ0) is 14.5. The van der Waals surface area contributed by atoms with Crippen molar-refractivity contribution in [2.24, 2.45) is 5.41 Å². The van der Waals surface area contributed by atoms with E-state index in [2.05, 4.69) is 33.0 Å². The molecule has 108 valence electrons. The van der Waals surface area contributed by atoms with Crippen LogP contribution in [0.4, 0.5) is 0 Å². The summed E-state index contributed by atoms with van der Waals surface area (Å²) >= 11 is 6.19. The standard InChI is InChI=1S/C16H26ClNO/c1-6-9-18-15(16(3,4)5)11-19-14-8-7-12(2)10-13(14)17/h7-8,10,15,18H,6,9,11H2,1-5H3. The van der Waals surface area contributed by atoms with Crippen LogP contribution in [0.2, 0.25) is 5.02 Å². The molecule has 0 amide bonds. The Kier molecular flexibility index (Phi) is 6.15. The van der Waals surface area contributed by atoms with E-state index in [4.69, 9.17) is 16.3 Å². The zero-order valence-corrected chi connectivity index (χ0v) is 13.5. The Hall–Kier alpha value is -0.730. The maximum atomic E-state index is 6.19. The van der Waals surface area contributed by atoms with E-state index in [0.29, 0.717) is 17.7 Å². The molecular weight excluding hydrogens is 258 g/mol. The topological polar surface area (TPSA) is 21.3 Å². The van der Waals surface area contributed by atoms with E-state index in [1.54, 1.807) is 0 Å². The van der Waals surface area contributed by atoms with Crippen LogP contribution in [-0.4, -0.2) is 19.2 Å². The van der Waals surface area contributed by atoms with E-state index in [0.717, 1.165) is 24.3 Å². The first-order chi connectivity index (χ1) is 8.84. The summed E-state index contributed by atoms with van der Waals surface area (Å²) in [6.07, 6.45) is 1.12. The van der Waals surface area contributed by atoms with Crippen LogP contribution in [0.25, 0.3) is 0 Å². The lowest BCUT2D eigenvalue weighted by molar-refractivity contribution is 0.174. The molecule has 0 fully saturated rings. The number of nitrogens with one attached hydrogen (secondary N) is 1. The lowest BCUT2D eigenvalue weighted by atomic mass is 9.87. The summed E-state index contributed by atoms with van der Waals surface area (Å²) in [4.78, 5) is 0. The molecule has 0 heterocycles. The van der Waals surface area contributed by atoms with Crippen molar-refractivity contribution in [3.63, 3.8) is 0 Å². The van der Waals surface area contributed by atoms with Crippen LogP contribution in [0, 0.1) is 12.3 Å². The minimum Gasteiger partial charge on any atom is -0.490 e. The molecule has 1 aromatic rings. The molecule has 0 bridgehead atoms. The fraction of sp³-hybridized carbons (Fsp3) is 0.625. The highest BCUT2D eigenvalue weighted by molar-refractivity contribution is 6.32. The molecule has 1 aromatic carbocycles. The molecule has 0 aliphatic carbocycles. The maximum Gasteiger partial charge on any atom is 0.137 e. The Morgan fingerprint density at radius 2 is 2.00 bits per heavy atom. The number of aryl methyl sites for hydroxylation is 1. The quantitative estimate of drug-likeness (QED) is 0.833. The highest BCUT2D eigenvalue weighted by atomic mass is 35.5. The highest BCUT2D eigenvalue weighted by Crippen LogP contribution is 2.27. The van der Waals surface area contributed by atoms with Gasteiger partial charge < -0.3 is 10.1 Å². The van der Waals surface area contributed by atoms with E-state index in [-0.39, 0.29) is 5.41 Å². The zero-order valence-electron chi connectivity index (χ0n) is 12.7. The van der Waals surface area contributed by atoms with Gasteiger partial charge in [-0.2, -0.15) is 0 Å². The van der Waals surface area contributed by atoms with Crippen molar-refractivity contribution in [3.8, 4) is 5.75 Å². The molecule has 1 N–H and O–H groups in total. The van der Waals surface area contributed by atoms with Gasteiger partial charge in [0.2, 0.25) is 0 Å². The van der Waals surface area contributed by atoms with Gasteiger partial charge in [-0.25, -0.2) is 0 Å². The second-order valence-electron chi connectivity index (χ2n) is 6.12. The largest absolute Gasteiger partial charge is 0.490 e. The van der Waals surface area contributed by atoms with Gasteiger partial charge in [0, 0.05) is 6.04 Å². The summed E-state index contributed by atoms with van der Waals surface area (Å²) in [6, 6.07) is 6.21. The third-order valence-corrected chi connectivity index (χ3v) is 3.47. The fourth-order valence-corrected chi connectivity index (χ4v) is 2.12. The molecule has 1 rings (SSSR count). The van der Waals surface area contributed by atoms with Crippen LogP contribution in [-0.2, 0) is 0 Å². The van der Waals surface area contributed by atoms with Crippen LogP contribution < -0.4 is 10.1 Å². The Bertz CT molecular complexity index is 398. The van der Waals surface area contributed by atoms with Gasteiger partial charge in [0.15, 0.2) is 0 Å². The number of hydrogen-bond donors (Lipinski definition) is 1. The molecule has 0 saturated heterocycles. The van der Waals surface area contributed by atoms with Crippen LogP contribution in [0.5, 0.6) is 5.75 Å². The second kappa shape index (κ2) is 7.16. The van der Waals surface area contributed by atoms with Gasteiger partial charge in [-0.15, -0.1) is 0 Å². The second-order valence-corrected chi connectivity index (χ2v) is 6.52. The Morgan fingerprint density at radius 1 is 1.32 bits per heavy atom. The molecule has 0 saturated carbocycles. The van der Waals surface area contributed by atoms with Gasteiger partial charge in [-0.3, -0.25) is 0 Å². The molecule has 1 unspecified atom stereocenters. The van der Waals surface area contributed by atoms with Gasteiger partial charge in [-0.1, -0.05) is 45.4 Å². The molecule has 2 nitrogen and oxygen atoms in total. The van der Waals surface area contributed by atoms with Crippen LogP contribution in [0.1, 0.15) is 39.7 Å². The molecule has 19 heavy (non-hydrogen) atoms. The minimum absolute atomic E-state index is 0.159. The highest BCUT2D eigenvalue weighted by Gasteiger charge is 2.24. The van der Waals surface area contributed by atoms with E-state index in [1.807, 2.05) is 25.1 Å². The van der Waals surface area contributed by atoms with Gasteiger partial charge in [0.1, 0.15) is 12.4 Å². The summed E-state index contributed by atoms with van der Waals surface area (Å²) in [7, 11) is 0. The lowest BCUT2D eigenvalue weighted by Crippen LogP contribution is -2.45. The van der Waals surface area contributed by atoms with Crippen molar-refractivity contribution in [1.82, 2.24) is 5.32 Å². The molecule has 0 aliphatic heterocycles. The monoisotopic (exact) mass is 283 g/mol. The van der Waals surface area contributed by atoms with Crippen LogP contribution >= 0.6 is 11.6 Å². The Balaban J connectivity index is 2.65. The smallest absolute Gasteiger partial charge is 0.137 e. The van der Waals surface area contributed by atoms with Crippen molar-refractivity contribution >= 4 is 11.6 Å². The Morgan fingerprint density at radius 3 is 2.53 bits per heavy atom.